The highest BCUT2D eigenvalue weighted by molar-refractivity contribution is 7.89. The maximum Gasteiger partial charge on any atom is 0.238 e. The van der Waals surface area contributed by atoms with Gasteiger partial charge in [0, 0.05) is 6.20 Å². The molecule has 0 saturated heterocycles. The van der Waals surface area contributed by atoms with Crippen LogP contribution in [-0.4, -0.2) is 13.4 Å². The largest absolute Gasteiger partial charge is 0.377 e. The normalized spacial score (nSPS) is 11.3. The summed E-state index contributed by atoms with van der Waals surface area (Å²) in [6.07, 6.45) is 1.64. The average molecular weight is 281 g/mol. The fraction of sp³-hybridized carbons (Fsp3) is 0.0833. The topological polar surface area (TPSA) is 85.1 Å². The molecule has 0 aliphatic carbocycles. The molecule has 1 heterocycles. The van der Waals surface area contributed by atoms with Gasteiger partial charge in [-0.15, -0.1) is 0 Å². The highest BCUT2D eigenvalue weighted by Crippen LogP contribution is 2.18. The van der Waals surface area contributed by atoms with Crippen molar-refractivity contribution in [2.75, 3.05) is 5.32 Å². The highest BCUT2D eigenvalue weighted by atomic mass is 32.2. The van der Waals surface area contributed by atoms with E-state index in [-0.39, 0.29) is 10.6 Å². The van der Waals surface area contributed by atoms with Gasteiger partial charge in [-0.05, 0) is 30.3 Å². The second kappa shape index (κ2) is 5.33. The summed E-state index contributed by atoms with van der Waals surface area (Å²) in [5.74, 6) is -0.678. The molecule has 100 valence electrons. The van der Waals surface area contributed by atoms with Crippen molar-refractivity contribution in [1.82, 2.24) is 4.98 Å². The van der Waals surface area contributed by atoms with Gasteiger partial charge in [0.1, 0.15) is 5.82 Å². The Morgan fingerprint density at radius 2 is 2.05 bits per heavy atom. The van der Waals surface area contributed by atoms with Crippen LogP contribution in [0, 0.1) is 5.82 Å². The molecule has 3 N–H and O–H groups in total. The van der Waals surface area contributed by atoms with E-state index in [1.807, 2.05) is 6.07 Å². The lowest BCUT2D eigenvalue weighted by Crippen LogP contribution is -2.13. The summed E-state index contributed by atoms with van der Waals surface area (Å²) in [5.41, 5.74) is 0.940. The quantitative estimate of drug-likeness (QED) is 0.889. The summed E-state index contributed by atoms with van der Waals surface area (Å²) < 4.78 is 35.8. The molecular weight excluding hydrogens is 269 g/mol. The number of halogens is 1. The third-order valence-electron chi connectivity index (χ3n) is 2.46. The van der Waals surface area contributed by atoms with Crippen LogP contribution >= 0.6 is 0 Å². The van der Waals surface area contributed by atoms with Crippen LogP contribution in [0.5, 0.6) is 0 Å². The van der Waals surface area contributed by atoms with Gasteiger partial charge in [0.25, 0.3) is 0 Å². The van der Waals surface area contributed by atoms with Crippen molar-refractivity contribution in [3.8, 4) is 0 Å². The highest BCUT2D eigenvalue weighted by Gasteiger charge is 2.11. The fourth-order valence-electron chi connectivity index (χ4n) is 1.50. The summed E-state index contributed by atoms with van der Waals surface area (Å²) in [5, 5.41) is 7.75. The monoisotopic (exact) mass is 281 g/mol. The number of hydrogen-bond acceptors (Lipinski definition) is 4. The lowest BCUT2D eigenvalue weighted by atomic mass is 10.3. The Balaban J connectivity index is 2.14. The van der Waals surface area contributed by atoms with Crippen LogP contribution in [0.15, 0.2) is 47.5 Å². The number of anilines is 1. The molecule has 2 rings (SSSR count). The molecule has 0 bridgehead atoms. The molecule has 1 aromatic carbocycles. The second-order valence-electron chi connectivity index (χ2n) is 3.86. The van der Waals surface area contributed by atoms with Crippen LogP contribution in [-0.2, 0) is 16.6 Å². The van der Waals surface area contributed by atoms with Crippen LogP contribution in [0.25, 0.3) is 0 Å². The molecule has 0 atom stereocenters. The molecule has 0 fully saturated rings. The Hall–Kier alpha value is -1.99. The average Bonchev–Trinajstić information content (AvgIpc) is 2.37. The number of primary sulfonamides is 1. The molecule has 2 aromatic rings. The van der Waals surface area contributed by atoms with Gasteiger partial charge in [-0.25, -0.2) is 17.9 Å². The van der Waals surface area contributed by atoms with E-state index in [1.54, 1.807) is 18.3 Å². The van der Waals surface area contributed by atoms with E-state index in [1.165, 1.54) is 12.1 Å². The van der Waals surface area contributed by atoms with Gasteiger partial charge in [0.15, 0.2) is 0 Å². The fourth-order valence-corrected chi connectivity index (χ4v) is 2.03. The SMILES string of the molecule is NS(=O)(=O)c1ccc(NCc2ccccn2)c(F)c1. The Labute approximate surface area is 110 Å². The molecular formula is C12H12FN3O2S. The summed E-state index contributed by atoms with van der Waals surface area (Å²) in [7, 11) is -3.89. The molecule has 0 spiro atoms. The van der Waals surface area contributed by atoms with Gasteiger partial charge in [-0.1, -0.05) is 6.07 Å². The second-order valence-corrected chi connectivity index (χ2v) is 5.42. The minimum Gasteiger partial charge on any atom is -0.377 e. The molecule has 0 amide bonds. The minimum absolute atomic E-state index is 0.193. The molecule has 0 radical (unpaired) electrons. The smallest absolute Gasteiger partial charge is 0.238 e. The predicted octanol–water partition coefficient (Wildman–Crippen LogP) is 1.48. The summed E-state index contributed by atoms with van der Waals surface area (Å²) in [6.45, 7) is 0.340. The van der Waals surface area contributed by atoms with Crippen molar-refractivity contribution in [3.05, 3.63) is 54.1 Å². The Bertz CT molecular complexity index is 675. The summed E-state index contributed by atoms with van der Waals surface area (Å²) in [4.78, 5) is 3.82. The zero-order valence-corrected chi connectivity index (χ0v) is 10.7. The van der Waals surface area contributed by atoms with Crippen molar-refractivity contribution in [2.45, 2.75) is 11.4 Å². The number of pyridine rings is 1. The molecule has 0 saturated carbocycles. The van der Waals surface area contributed by atoms with E-state index < -0.39 is 15.8 Å². The van der Waals surface area contributed by atoms with Crippen LogP contribution < -0.4 is 10.5 Å². The van der Waals surface area contributed by atoms with Gasteiger partial charge in [-0.2, -0.15) is 0 Å². The van der Waals surface area contributed by atoms with Gasteiger partial charge >= 0.3 is 0 Å². The lowest BCUT2D eigenvalue weighted by Gasteiger charge is -2.08. The number of nitrogens with one attached hydrogen (secondary N) is 1. The number of nitrogens with two attached hydrogens (primary N) is 1. The van der Waals surface area contributed by atoms with Crippen molar-refractivity contribution in [1.29, 1.82) is 0 Å². The zero-order valence-electron chi connectivity index (χ0n) is 9.88. The third-order valence-corrected chi connectivity index (χ3v) is 3.37. The molecule has 19 heavy (non-hydrogen) atoms. The zero-order chi connectivity index (χ0) is 13.9. The maximum absolute atomic E-state index is 13.7. The number of hydrogen-bond donors (Lipinski definition) is 2. The van der Waals surface area contributed by atoms with Gasteiger partial charge in [0.2, 0.25) is 10.0 Å². The van der Waals surface area contributed by atoms with Crippen LogP contribution in [0.2, 0.25) is 0 Å². The van der Waals surface area contributed by atoms with Gasteiger partial charge < -0.3 is 5.32 Å². The number of rotatable bonds is 4. The van der Waals surface area contributed by atoms with Gasteiger partial charge in [-0.3, -0.25) is 4.98 Å². The van der Waals surface area contributed by atoms with Crippen LogP contribution in [0.4, 0.5) is 10.1 Å². The molecule has 1 aromatic heterocycles. The number of aromatic nitrogens is 1. The van der Waals surface area contributed by atoms with Crippen LogP contribution in [0.3, 0.4) is 0 Å². The molecule has 0 unspecified atom stereocenters. The number of benzene rings is 1. The maximum atomic E-state index is 13.7. The van der Waals surface area contributed by atoms with E-state index in [0.29, 0.717) is 6.54 Å². The third kappa shape index (κ3) is 3.49. The first-order valence-electron chi connectivity index (χ1n) is 5.43. The predicted molar refractivity (Wildman–Crippen MR) is 69.3 cm³/mol. The first-order chi connectivity index (χ1) is 8.97. The van der Waals surface area contributed by atoms with E-state index in [0.717, 1.165) is 11.8 Å². The van der Waals surface area contributed by atoms with E-state index in [4.69, 9.17) is 5.14 Å². The first kappa shape index (κ1) is 13.4. The van der Waals surface area contributed by atoms with E-state index in [9.17, 15) is 12.8 Å². The van der Waals surface area contributed by atoms with Crippen LogP contribution in [0.1, 0.15) is 5.69 Å². The van der Waals surface area contributed by atoms with Gasteiger partial charge in [0.05, 0.1) is 22.8 Å². The molecule has 0 aliphatic rings. The molecule has 7 heteroatoms. The summed E-state index contributed by atoms with van der Waals surface area (Å²) in [6, 6.07) is 8.87. The Morgan fingerprint density at radius 3 is 2.63 bits per heavy atom. The Kier molecular flexibility index (Phi) is 3.77. The van der Waals surface area contributed by atoms with E-state index >= 15 is 0 Å². The standard InChI is InChI=1S/C12H12FN3O2S/c13-11-7-10(19(14,17)18)4-5-12(11)16-8-9-3-1-2-6-15-9/h1-7,16H,8H2,(H2,14,17,18). The Morgan fingerprint density at radius 1 is 1.26 bits per heavy atom. The number of nitrogens with zero attached hydrogens (tertiary/aromatic N) is 1. The molecule has 0 aliphatic heterocycles. The van der Waals surface area contributed by atoms with Crippen molar-refractivity contribution >= 4 is 15.7 Å². The van der Waals surface area contributed by atoms with Crippen molar-refractivity contribution in [3.63, 3.8) is 0 Å². The summed E-state index contributed by atoms with van der Waals surface area (Å²) >= 11 is 0. The number of sulfonamides is 1. The van der Waals surface area contributed by atoms with Crippen molar-refractivity contribution < 1.29 is 12.8 Å². The van der Waals surface area contributed by atoms with E-state index in [2.05, 4.69) is 10.3 Å². The lowest BCUT2D eigenvalue weighted by molar-refractivity contribution is 0.593. The van der Waals surface area contributed by atoms with Crippen molar-refractivity contribution in [2.24, 2.45) is 5.14 Å². The molecule has 5 nitrogen and oxygen atoms in total. The minimum atomic E-state index is -3.89. The first-order valence-corrected chi connectivity index (χ1v) is 6.97.